The minimum Gasteiger partial charge on any atom is -0.487 e. The topological polar surface area (TPSA) is 38.3 Å². The predicted molar refractivity (Wildman–Crippen MR) is 106 cm³/mol. The summed E-state index contributed by atoms with van der Waals surface area (Å²) < 4.78 is 7.45. The maximum absolute atomic E-state index is 12.7. The van der Waals surface area contributed by atoms with Gasteiger partial charge in [-0.05, 0) is 49.4 Å². The number of hydrogen-bond acceptors (Lipinski definition) is 2. The smallest absolute Gasteiger partial charge is 0.224 e. The van der Waals surface area contributed by atoms with Crippen molar-refractivity contribution in [2.75, 3.05) is 0 Å². The number of hydrogen-bond donors (Lipinski definition) is 1. The second-order valence-corrected chi connectivity index (χ2v) is 8.43. The highest BCUT2D eigenvalue weighted by Crippen LogP contribution is 2.46. The maximum atomic E-state index is 12.7. The van der Waals surface area contributed by atoms with Crippen molar-refractivity contribution in [3.05, 3.63) is 64.1 Å². The number of carbonyl (C=O) groups is 1. The van der Waals surface area contributed by atoms with E-state index >= 15 is 0 Å². The van der Waals surface area contributed by atoms with Crippen LogP contribution in [0.2, 0.25) is 0 Å². The molecule has 1 aliphatic heterocycles. The van der Waals surface area contributed by atoms with Gasteiger partial charge in [-0.25, -0.2) is 0 Å². The molecule has 1 atom stereocenters. The van der Waals surface area contributed by atoms with Crippen LogP contribution in [0.3, 0.4) is 0 Å². The molecule has 1 heterocycles. The Morgan fingerprint density at radius 2 is 1.92 bits per heavy atom. The molecular formula is C22H24BrNO2. The summed E-state index contributed by atoms with van der Waals surface area (Å²) in [5, 5.41) is 3.28. The lowest BCUT2D eigenvalue weighted by molar-refractivity contribution is -0.122. The van der Waals surface area contributed by atoms with Gasteiger partial charge >= 0.3 is 0 Å². The van der Waals surface area contributed by atoms with Crippen molar-refractivity contribution >= 4 is 21.8 Å². The molecule has 136 valence electrons. The Morgan fingerprint density at radius 3 is 2.73 bits per heavy atom. The van der Waals surface area contributed by atoms with Crippen molar-refractivity contribution < 1.29 is 9.53 Å². The Kier molecular flexibility index (Phi) is 5.03. The van der Waals surface area contributed by atoms with E-state index in [1.54, 1.807) is 0 Å². The summed E-state index contributed by atoms with van der Waals surface area (Å²) in [5.74, 6) is 1.00. The van der Waals surface area contributed by atoms with Crippen molar-refractivity contribution in [3.8, 4) is 5.75 Å². The van der Waals surface area contributed by atoms with E-state index in [2.05, 4.69) is 27.3 Å². The maximum Gasteiger partial charge on any atom is 0.224 e. The quantitative estimate of drug-likeness (QED) is 0.737. The van der Waals surface area contributed by atoms with Gasteiger partial charge in [0.05, 0.1) is 12.5 Å². The van der Waals surface area contributed by atoms with Crippen molar-refractivity contribution in [2.45, 2.75) is 56.6 Å². The van der Waals surface area contributed by atoms with Gasteiger partial charge in [0.2, 0.25) is 5.91 Å². The fourth-order valence-electron chi connectivity index (χ4n) is 4.33. The molecular weight excluding hydrogens is 390 g/mol. The van der Waals surface area contributed by atoms with Gasteiger partial charge in [-0.1, -0.05) is 52.7 Å². The van der Waals surface area contributed by atoms with Crippen LogP contribution < -0.4 is 10.1 Å². The molecule has 1 spiro atoms. The van der Waals surface area contributed by atoms with E-state index in [0.29, 0.717) is 6.42 Å². The molecule has 0 bridgehead atoms. The number of fused-ring (bicyclic) bond motifs is 1. The molecule has 0 radical (unpaired) electrons. The lowest BCUT2D eigenvalue weighted by Gasteiger charge is -2.44. The molecule has 2 aliphatic rings. The van der Waals surface area contributed by atoms with Crippen LogP contribution in [-0.2, 0) is 11.2 Å². The Hall–Kier alpha value is -1.81. The number of carbonyl (C=O) groups excluding carboxylic acids is 1. The van der Waals surface area contributed by atoms with E-state index in [9.17, 15) is 4.79 Å². The predicted octanol–water partition coefficient (Wildman–Crippen LogP) is 5.33. The van der Waals surface area contributed by atoms with E-state index in [1.165, 1.54) is 19.3 Å². The number of benzene rings is 2. The zero-order chi connectivity index (χ0) is 18.0. The number of ether oxygens (including phenoxy) is 1. The number of para-hydroxylation sites is 1. The molecule has 0 unspecified atom stereocenters. The Bertz CT molecular complexity index is 798. The van der Waals surface area contributed by atoms with Crippen LogP contribution in [0, 0.1) is 0 Å². The molecule has 1 amide bonds. The van der Waals surface area contributed by atoms with Crippen molar-refractivity contribution in [1.82, 2.24) is 5.32 Å². The van der Waals surface area contributed by atoms with Gasteiger partial charge in [-0.3, -0.25) is 4.79 Å². The fraction of sp³-hybridized carbons (Fsp3) is 0.409. The van der Waals surface area contributed by atoms with Crippen LogP contribution in [0.15, 0.2) is 53.0 Å². The largest absolute Gasteiger partial charge is 0.487 e. The number of rotatable bonds is 3. The summed E-state index contributed by atoms with van der Waals surface area (Å²) in [6, 6.07) is 16.1. The van der Waals surface area contributed by atoms with Gasteiger partial charge in [0.15, 0.2) is 0 Å². The van der Waals surface area contributed by atoms with Gasteiger partial charge in [-0.15, -0.1) is 0 Å². The molecule has 2 aromatic rings. The zero-order valence-corrected chi connectivity index (χ0v) is 16.4. The molecule has 2 aromatic carbocycles. The molecule has 1 aliphatic carbocycles. The Morgan fingerprint density at radius 1 is 1.12 bits per heavy atom. The fourth-order valence-corrected chi connectivity index (χ4v) is 4.77. The van der Waals surface area contributed by atoms with Crippen LogP contribution in [0.25, 0.3) is 0 Å². The molecule has 3 nitrogen and oxygen atoms in total. The van der Waals surface area contributed by atoms with E-state index in [0.717, 1.165) is 40.6 Å². The highest BCUT2D eigenvalue weighted by molar-refractivity contribution is 9.10. The highest BCUT2D eigenvalue weighted by Gasteiger charge is 2.42. The van der Waals surface area contributed by atoms with E-state index in [4.69, 9.17) is 4.74 Å². The Labute approximate surface area is 163 Å². The van der Waals surface area contributed by atoms with Crippen LogP contribution >= 0.6 is 15.9 Å². The lowest BCUT2D eigenvalue weighted by Crippen LogP contribution is -2.46. The summed E-state index contributed by atoms with van der Waals surface area (Å²) in [6.45, 7) is 0. The standard InChI is InChI=1S/C22H24BrNO2/c23-17-8-6-7-16(13-17)14-21(25)24-19-15-22(11-4-1-5-12-22)26-20-10-3-2-9-18(19)20/h2-3,6-10,13,19H,1,4-5,11-12,14-15H2,(H,24,25)/t19-/m0/s1. The normalized spacial score (nSPS) is 20.9. The van der Waals surface area contributed by atoms with E-state index < -0.39 is 0 Å². The van der Waals surface area contributed by atoms with Gasteiger partial charge in [-0.2, -0.15) is 0 Å². The summed E-state index contributed by atoms with van der Waals surface area (Å²) >= 11 is 3.47. The third-order valence-corrected chi connectivity index (χ3v) is 6.04. The monoisotopic (exact) mass is 413 g/mol. The summed E-state index contributed by atoms with van der Waals surface area (Å²) in [5.41, 5.74) is 2.01. The number of nitrogens with one attached hydrogen (secondary N) is 1. The third-order valence-electron chi connectivity index (χ3n) is 5.55. The average Bonchev–Trinajstić information content (AvgIpc) is 2.62. The molecule has 1 fully saturated rings. The Balaban J connectivity index is 1.53. The molecule has 26 heavy (non-hydrogen) atoms. The minimum atomic E-state index is -0.111. The van der Waals surface area contributed by atoms with Crippen LogP contribution in [-0.4, -0.2) is 11.5 Å². The minimum absolute atomic E-state index is 0.0257. The number of halogens is 1. The first-order valence-corrected chi connectivity index (χ1v) is 10.2. The van der Waals surface area contributed by atoms with Gasteiger partial charge in [0.1, 0.15) is 11.4 Å². The van der Waals surface area contributed by atoms with Crippen molar-refractivity contribution in [3.63, 3.8) is 0 Å². The first-order valence-electron chi connectivity index (χ1n) is 9.45. The third kappa shape index (κ3) is 3.80. The van der Waals surface area contributed by atoms with Crippen LogP contribution in [0.1, 0.15) is 55.7 Å². The van der Waals surface area contributed by atoms with Crippen molar-refractivity contribution in [2.24, 2.45) is 0 Å². The molecule has 4 heteroatoms. The lowest BCUT2D eigenvalue weighted by atomic mass is 9.77. The highest BCUT2D eigenvalue weighted by atomic mass is 79.9. The second-order valence-electron chi connectivity index (χ2n) is 7.51. The molecule has 0 saturated heterocycles. The summed E-state index contributed by atoms with van der Waals surface area (Å²) in [7, 11) is 0. The molecule has 4 rings (SSSR count). The van der Waals surface area contributed by atoms with Gasteiger partial charge < -0.3 is 10.1 Å². The second kappa shape index (κ2) is 7.43. The van der Waals surface area contributed by atoms with Crippen LogP contribution in [0.4, 0.5) is 0 Å². The SMILES string of the molecule is O=C(Cc1cccc(Br)c1)N[C@H]1CC2(CCCCC2)Oc2ccccc21. The zero-order valence-electron chi connectivity index (χ0n) is 14.8. The molecule has 1 N–H and O–H groups in total. The first-order chi connectivity index (χ1) is 12.6. The average molecular weight is 414 g/mol. The van der Waals surface area contributed by atoms with E-state index in [1.807, 2.05) is 42.5 Å². The van der Waals surface area contributed by atoms with Gasteiger partial charge in [0, 0.05) is 16.5 Å². The van der Waals surface area contributed by atoms with E-state index in [-0.39, 0.29) is 17.6 Å². The molecule has 0 aromatic heterocycles. The van der Waals surface area contributed by atoms with Gasteiger partial charge in [0.25, 0.3) is 0 Å². The summed E-state index contributed by atoms with van der Waals surface area (Å²) in [6.07, 6.45) is 7.13. The van der Waals surface area contributed by atoms with Crippen LogP contribution in [0.5, 0.6) is 5.75 Å². The first kappa shape index (κ1) is 17.6. The molecule has 1 saturated carbocycles. The van der Waals surface area contributed by atoms with Crippen molar-refractivity contribution in [1.29, 1.82) is 0 Å². The summed E-state index contributed by atoms with van der Waals surface area (Å²) in [4.78, 5) is 12.7. The number of amides is 1.